The summed E-state index contributed by atoms with van der Waals surface area (Å²) in [6.45, 7) is 0. The molecule has 0 fully saturated rings. The molecule has 0 atom stereocenters. The molecule has 0 aliphatic rings. The van der Waals surface area contributed by atoms with Gasteiger partial charge in [0, 0.05) is 31.5 Å². The monoisotopic (exact) mass is 561 g/mol. The lowest BCUT2D eigenvalue weighted by Crippen LogP contribution is -2.19. The van der Waals surface area contributed by atoms with Crippen molar-refractivity contribution in [3.05, 3.63) is 112 Å². The van der Waals surface area contributed by atoms with Gasteiger partial charge in [-0.2, -0.15) is 5.10 Å². The van der Waals surface area contributed by atoms with E-state index in [4.69, 9.17) is 20.8 Å². The van der Waals surface area contributed by atoms with Crippen LogP contribution in [0.5, 0.6) is 5.75 Å². The molecule has 0 spiro atoms. The van der Waals surface area contributed by atoms with Crippen LogP contribution in [0.1, 0.15) is 26.6 Å². The molecule has 2 aromatic heterocycles. The van der Waals surface area contributed by atoms with E-state index < -0.39 is 11.9 Å². The number of nitrogens with zero attached hydrogens (tertiary/aromatic N) is 1. The van der Waals surface area contributed by atoms with Crippen LogP contribution >= 0.6 is 27.5 Å². The molecule has 0 saturated heterocycles. The SMILES string of the molecule is O=C(Oc1ccc(Br)cc1C=NNC(=O)c1[nH]c2ccc(Cl)cc2c1-c1ccccc1)c1ccco1. The van der Waals surface area contributed by atoms with Gasteiger partial charge in [0.1, 0.15) is 11.4 Å². The van der Waals surface area contributed by atoms with Crippen LogP contribution in [0, 0.1) is 0 Å². The van der Waals surface area contributed by atoms with Gasteiger partial charge in [-0.15, -0.1) is 0 Å². The van der Waals surface area contributed by atoms with Gasteiger partial charge in [0.25, 0.3) is 5.91 Å². The van der Waals surface area contributed by atoms with Crippen LogP contribution in [0.15, 0.2) is 99.1 Å². The molecule has 0 bridgehead atoms. The predicted molar refractivity (Wildman–Crippen MR) is 142 cm³/mol. The fourth-order valence-electron chi connectivity index (χ4n) is 3.71. The first-order valence-corrected chi connectivity index (χ1v) is 11.9. The average molecular weight is 563 g/mol. The van der Waals surface area contributed by atoms with E-state index in [0.717, 1.165) is 26.5 Å². The highest BCUT2D eigenvalue weighted by Crippen LogP contribution is 2.34. The maximum atomic E-state index is 13.2. The van der Waals surface area contributed by atoms with Crippen molar-refractivity contribution < 1.29 is 18.7 Å². The third kappa shape index (κ3) is 4.95. The average Bonchev–Trinajstić information content (AvgIpc) is 3.54. The third-order valence-electron chi connectivity index (χ3n) is 5.32. The van der Waals surface area contributed by atoms with E-state index in [9.17, 15) is 9.59 Å². The largest absolute Gasteiger partial charge is 0.457 e. The molecule has 0 aliphatic carbocycles. The summed E-state index contributed by atoms with van der Waals surface area (Å²) in [6.07, 6.45) is 2.78. The van der Waals surface area contributed by atoms with Gasteiger partial charge in [0.2, 0.25) is 5.76 Å². The Morgan fingerprint density at radius 3 is 2.64 bits per heavy atom. The second-order valence-electron chi connectivity index (χ2n) is 7.68. The van der Waals surface area contributed by atoms with Crippen LogP contribution in [0.25, 0.3) is 22.0 Å². The molecule has 36 heavy (non-hydrogen) atoms. The van der Waals surface area contributed by atoms with Crippen LogP contribution in [0.4, 0.5) is 0 Å². The molecule has 3 aromatic carbocycles. The minimum absolute atomic E-state index is 0.0708. The smallest absolute Gasteiger partial charge is 0.379 e. The Morgan fingerprint density at radius 2 is 1.86 bits per heavy atom. The number of hydrogen-bond acceptors (Lipinski definition) is 5. The highest BCUT2D eigenvalue weighted by Gasteiger charge is 2.19. The first-order chi connectivity index (χ1) is 17.5. The molecule has 178 valence electrons. The highest BCUT2D eigenvalue weighted by molar-refractivity contribution is 9.10. The van der Waals surface area contributed by atoms with Gasteiger partial charge in [-0.05, 0) is 54.1 Å². The van der Waals surface area contributed by atoms with Gasteiger partial charge in [-0.25, -0.2) is 10.2 Å². The molecule has 0 radical (unpaired) electrons. The van der Waals surface area contributed by atoms with Crippen LogP contribution in [-0.2, 0) is 0 Å². The number of fused-ring (bicyclic) bond motifs is 1. The highest BCUT2D eigenvalue weighted by atomic mass is 79.9. The van der Waals surface area contributed by atoms with E-state index in [0.29, 0.717) is 16.3 Å². The topological polar surface area (TPSA) is 96.7 Å². The molecule has 2 N–H and O–H groups in total. The van der Waals surface area contributed by atoms with Crippen molar-refractivity contribution >= 4 is 56.5 Å². The minimum atomic E-state index is -0.648. The van der Waals surface area contributed by atoms with E-state index in [1.54, 1.807) is 30.3 Å². The number of carbonyl (C=O) groups is 2. The summed E-state index contributed by atoms with van der Waals surface area (Å²) >= 11 is 9.63. The number of halogens is 2. The van der Waals surface area contributed by atoms with E-state index in [1.165, 1.54) is 18.5 Å². The molecule has 9 heteroatoms. The van der Waals surface area contributed by atoms with Crippen molar-refractivity contribution in [2.24, 2.45) is 5.10 Å². The Hall–Kier alpha value is -4.14. The van der Waals surface area contributed by atoms with Gasteiger partial charge >= 0.3 is 5.97 Å². The fourth-order valence-corrected chi connectivity index (χ4v) is 4.26. The summed E-state index contributed by atoms with van der Waals surface area (Å²) in [4.78, 5) is 28.6. The summed E-state index contributed by atoms with van der Waals surface area (Å²) in [5.41, 5.74) is 5.71. The number of carbonyl (C=O) groups excluding carboxylic acids is 2. The second kappa shape index (κ2) is 10.2. The van der Waals surface area contributed by atoms with Crippen molar-refractivity contribution in [2.75, 3.05) is 0 Å². The van der Waals surface area contributed by atoms with Gasteiger partial charge in [0.15, 0.2) is 0 Å². The number of hydrazone groups is 1. The van der Waals surface area contributed by atoms with Crippen LogP contribution in [0.3, 0.4) is 0 Å². The Labute approximate surface area is 218 Å². The molecule has 0 aliphatic heterocycles. The normalized spacial score (nSPS) is 11.2. The zero-order valence-electron chi connectivity index (χ0n) is 18.5. The Bertz CT molecular complexity index is 1590. The summed E-state index contributed by atoms with van der Waals surface area (Å²) in [5, 5.41) is 5.49. The number of H-pyrrole nitrogens is 1. The standard InChI is InChI=1S/C27H17BrClN3O4/c28-18-8-11-22(36-27(34)23-7-4-12-35-23)17(13-18)15-30-32-26(33)25-24(16-5-2-1-3-6-16)20-14-19(29)9-10-21(20)31-25/h1-15,31H,(H,32,33). The lowest BCUT2D eigenvalue weighted by molar-refractivity contribution is 0.0700. The molecule has 2 heterocycles. The molecule has 0 saturated carbocycles. The van der Waals surface area contributed by atoms with Gasteiger partial charge in [0.05, 0.1) is 12.5 Å². The van der Waals surface area contributed by atoms with E-state index in [1.807, 2.05) is 42.5 Å². The molecule has 5 rings (SSSR count). The van der Waals surface area contributed by atoms with Gasteiger partial charge in [-0.1, -0.05) is 57.9 Å². The Morgan fingerprint density at radius 1 is 1.03 bits per heavy atom. The molecule has 5 aromatic rings. The van der Waals surface area contributed by atoms with Crippen LogP contribution < -0.4 is 10.2 Å². The number of hydrogen-bond donors (Lipinski definition) is 2. The number of furan rings is 1. The van der Waals surface area contributed by atoms with Crippen molar-refractivity contribution in [2.45, 2.75) is 0 Å². The summed E-state index contributed by atoms with van der Waals surface area (Å²) in [7, 11) is 0. The lowest BCUT2D eigenvalue weighted by Gasteiger charge is -2.07. The molecular weight excluding hydrogens is 546 g/mol. The molecule has 1 amide bonds. The van der Waals surface area contributed by atoms with Gasteiger partial charge < -0.3 is 14.1 Å². The Kier molecular flexibility index (Phi) is 6.71. The number of rotatable bonds is 6. The first kappa shape index (κ1) is 23.6. The summed E-state index contributed by atoms with van der Waals surface area (Å²) < 4.78 is 11.3. The number of aromatic nitrogens is 1. The maximum Gasteiger partial charge on any atom is 0.379 e. The fraction of sp³-hybridized carbons (Fsp3) is 0. The third-order valence-corrected chi connectivity index (χ3v) is 6.05. The van der Waals surface area contributed by atoms with Crippen molar-refractivity contribution in [1.29, 1.82) is 0 Å². The van der Waals surface area contributed by atoms with Gasteiger partial charge in [-0.3, -0.25) is 4.79 Å². The maximum absolute atomic E-state index is 13.2. The van der Waals surface area contributed by atoms with Crippen molar-refractivity contribution in [3.8, 4) is 16.9 Å². The van der Waals surface area contributed by atoms with E-state index in [-0.39, 0.29) is 11.5 Å². The molecule has 7 nitrogen and oxygen atoms in total. The summed E-state index contributed by atoms with van der Waals surface area (Å²) in [5.74, 6) is -0.768. The summed E-state index contributed by atoms with van der Waals surface area (Å²) in [6, 6.07) is 23.1. The van der Waals surface area contributed by atoms with Crippen molar-refractivity contribution in [3.63, 3.8) is 0 Å². The number of ether oxygens (including phenoxy) is 1. The predicted octanol–water partition coefficient (Wildman–Crippen LogP) is 6.83. The second-order valence-corrected chi connectivity index (χ2v) is 9.03. The number of esters is 1. The van der Waals surface area contributed by atoms with Crippen LogP contribution in [0.2, 0.25) is 5.02 Å². The molecule has 0 unspecified atom stereocenters. The van der Waals surface area contributed by atoms with E-state index in [2.05, 4.69) is 31.4 Å². The zero-order chi connectivity index (χ0) is 25.1. The number of amides is 1. The molecular formula is C27H17BrClN3O4. The Balaban J connectivity index is 1.42. The van der Waals surface area contributed by atoms with E-state index >= 15 is 0 Å². The minimum Gasteiger partial charge on any atom is -0.457 e. The number of nitrogens with one attached hydrogen (secondary N) is 2. The quantitative estimate of drug-likeness (QED) is 0.103. The van der Waals surface area contributed by atoms with Crippen LogP contribution in [-0.4, -0.2) is 23.1 Å². The number of aromatic amines is 1. The zero-order valence-corrected chi connectivity index (χ0v) is 20.8. The number of benzene rings is 3. The first-order valence-electron chi connectivity index (χ1n) is 10.7. The lowest BCUT2D eigenvalue weighted by atomic mass is 10.0. The van der Waals surface area contributed by atoms with Crippen molar-refractivity contribution in [1.82, 2.24) is 10.4 Å².